The van der Waals surface area contributed by atoms with Gasteiger partial charge in [0.05, 0.1) is 18.8 Å². The van der Waals surface area contributed by atoms with Gasteiger partial charge in [0.1, 0.15) is 12.7 Å². The minimum Gasteiger partial charge on any atom is -0.485 e. The fourth-order valence-corrected chi connectivity index (χ4v) is 3.00. The lowest BCUT2D eigenvalue weighted by Crippen LogP contribution is -2.47. The van der Waals surface area contributed by atoms with Gasteiger partial charge in [0.15, 0.2) is 23.2 Å². The Labute approximate surface area is 173 Å². The minimum absolute atomic E-state index is 0.0368. The Balaban J connectivity index is 1.58. The molecule has 0 N–H and O–H groups in total. The van der Waals surface area contributed by atoms with Crippen LogP contribution in [0.4, 0.5) is 8.78 Å². The monoisotopic (exact) mass is 416 g/mol. The van der Waals surface area contributed by atoms with Gasteiger partial charge >= 0.3 is 0 Å². The van der Waals surface area contributed by atoms with Crippen LogP contribution in [-0.4, -0.2) is 54.0 Å². The van der Waals surface area contributed by atoms with E-state index in [1.807, 2.05) is 6.07 Å². The van der Waals surface area contributed by atoms with E-state index in [1.165, 1.54) is 6.08 Å². The largest absolute Gasteiger partial charge is 0.485 e. The number of carbonyl (C=O) groups is 2. The molecule has 0 bridgehead atoms. The van der Waals surface area contributed by atoms with Crippen molar-refractivity contribution in [2.24, 2.45) is 0 Å². The van der Waals surface area contributed by atoms with Crippen LogP contribution in [0.2, 0.25) is 0 Å². The van der Waals surface area contributed by atoms with Gasteiger partial charge in [0.2, 0.25) is 5.91 Å². The van der Waals surface area contributed by atoms with Gasteiger partial charge in [0, 0.05) is 30.8 Å². The zero-order valence-corrected chi connectivity index (χ0v) is 16.5. The normalized spacial score (nSPS) is 16.6. The lowest BCUT2D eigenvalue weighted by atomic mass is 10.1. The van der Waals surface area contributed by atoms with E-state index in [0.717, 1.165) is 12.1 Å². The second kappa shape index (κ2) is 10.1. The molecule has 1 amide bonds. The molecule has 0 saturated carbocycles. The van der Waals surface area contributed by atoms with Gasteiger partial charge < -0.3 is 14.4 Å². The average Bonchev–Trinajstić information content (AvgIpc) is 2.77. The molecule has 2 aromatic rings. The predicted octanol–water partition coefficient (Wildman–Crippen LogP) is 3.27. The summed E-state index contributed by atoms with van der Waals surface area (Å²) in [5, 5.41) is 0. The van der Waals surface area contributed by atoms with Crippen LogP contribution in [0, 0.1) is 11.6 Å². The summed E-state index contributed by atoms with van der Waals surface area (Å²) >= 11 is 0. The number of ketones is 1. The Hall–Kier alpha value is -3.13. The van der Waals surface area contributed by atoms with Crippen molar-refractivity contribution in [3.63, 3.8) is 0 Å². The molecule has 1 fully saturated rings. The molecule has 1 aromatic heterocycles. The molecular formula is C22H22F2N2O4. The van der Waals surface area contributed by atoms with E-state index in [1.54, 1.807) is 36.2 Å². The fraction of sp³-hybridized carbons (Fsp3) is 0.318. The van der Waals surface area contributed by atoms with Crippen molar-refractivity contribution < 1.29 is 27.8 Å². The molecular weight excluding hydrogens is 394 g/mol. The van der Waals surface area contributed by atoms with E-state index in [-0.39, 0.29) is 43.4 Å². The van der Waals surface area contributed by atoms with Gasteiger partial charge in [0.25, 0.3) is 0 Å². The molecule has 1 unspecified atom stereocenters. The van der Waals surface area contributed by atoms with E-state index in [4.69, 9.17) is 9.47 Å². The van der Waals surface area contributed by atoms with Gasteiger partial charge in [-0.1, -0.05) is 13.0 Å². The minimum atomic E-state index is -0.950. The summed E-state index contributed by atoms with van der Waals surface area (Å²) in [5.74, 6) is -3.04. The van der Waals surface area contributed by atoms with Crippen molar-refractivity contribution in [2.45, 2.75) is 19.4 Å². The van der Waals surface area contributed by atoms with Crippen LogP contribution in [0.3, 0.4) is 0 Å². The van der Waals surface area contributed by atoms with Crippen molar-refractivity contribution in [3.05, 3.63) is 65.5 Å². The number of ether oxygens (including phenoxy) is 2. The Morgan fingerprint density at radius 1 is 1.30 bits per heavy atom. The summed E-state index contributed by atoms with van der Waals surface area (Å²) < 4.78 is 39.2. The summed E-state index contributed by atoms with van der Waals surface area (Å²) in [6.45, 7) is 2.38. The van der Waals surface area contributed by atoms with Crippen LogP contribution in [0.1, 0.15) is 29.4 Å². The number of hydrogen-bond acceptors (Lipinski definition) is 5. The molecule has 30 heavy (non-hydrogen) atoms. The Morgan fingerprint density at radius 3 is 2.73 bits per heavy atom. The van der Waals surface area contributed by atoms with E-state index in [9.17, 15) is 18.4 Å². The lowest BCUT2D eigenvalue weighted by Gasteiger charge is -2.32. The molecule has 0 spiro atoms. The summed E-state index contributed by atoms with van der Waals surface area (Å²) in [5.41, 5.74) is 0.625. The maximum Gasteiger partial charge on any atom is 0.246 e. The van der Waals surface area contributed by atoms with Gasteiger partial charge in [-0.15, -0.1) is 0 Å². The highest BCUT2D eigenvalue weighted by atomic mass is 19.1. The number of amides is 1. The number of halogens is 2. The van der Waals surface area contributed by atoms with Crippen LogP contribution < -0.4 is 4.74 Å². The molecule has 1 atom stereocenters. The number of carbonyl (C=O) groups excluding carboxylic acids is 2. The number of pyridine rings is 1. The second-order valence-corrected chi connectivity index (χ2v) is 6.72. The molecule has 8 heteroatoms. The number of nitrogens with zero attached hydrogens (tertiary/aromatic N) is 2. The highest BCUT2D eigenvalue weighted by Crippen LogP contribution is 2.24. The molecule has 3 rings (SSSR count). The zero-order valence-electron chi connectivity index (χ0n) is 16.5. The first-order valence-corrected chi connectivity index (χ1v) is 9.62. The summed E-state index contributed by atoms with van der Waals surface area (Å²) in [7, 11) is 0. The third kappa shape index (κ3) is 5.48. The first kappa shape index (κ1) is 21.6. The topological polar surface area (TPSA) is 68.7 Å². The van der Waals surface area contributed by atoms with E-state index in [0.29, 0.717) is 12.2 Å². The first-order valence-electron chi connectivity index (χ1n) is 9.62. The number of rotatable bonds is 7. The van der Waals surface area contributed by atoms with Crippen molar-refractivity contribution >= 4 is 17.8 Å². The standard InChI is InChI=1S/C22H22F2N2O4/c1-2-20(27)15-11-18(23)22(19(24)12-15)30-14-17-13-26(9-10-29-17)21(28)7-6-16-5-3-4-8-25-16/h3-8,11-12,17H,2,9-10,13-14H2,1H3. The van der Waals surface area contributed by atoms with Crippen molar-refractivity contribution in [1.82, 2.24) is 9.88 Å². The summed E-state index contributed by atoms with van der Waals surface area (Å²) in [4.78, 5) is 29.7. The van der Waals surface area contributed by atoms with Gasteiger partial charge in [-0.3, -0.25) is 14.6 Å². The maximum atomic E-state index is 14.2. The molecule has 158 valence electrons. The lowest BCUT2D eigenvalue weighted by molar-refractivity contribution is -0.134. The molecule has 0 radical (unpaired) electrons. The van der Waals surface area contributed by atoms with E-state index < -0.39 is 23.5 Å². The Morgan fingerprint density at radius 2 is 2.07 bits per heavy atom. The highest BCUT2D eigenvalue weighted by molar-refractivity contribution is 5.96. The van der Waals surface area contributed by atoms with Crippen molar-refractivity contribution in [3.8, 4) is 5.75 Å². The molecule has 0 aliphatic carbocycles. The smallest absolute Gasteiger partial charge is 0.246 e. The second-order valence-electron chi connectivity index (χ2n) is 6.72. The van der Waals surface area contributed by atoms with Crippen LogP contribution in [0.15, 0.2) is 42.6 Å². The van der Waals surface area contributed by atoms with Gasteiger partial charge in [-0.05, 0) is 30.3 Å². The first-order chi connectivity index (χ1) is 14.5. The van der Waals surface area contributed by atoms with E-state index >= 15 is 0 Å². The number of aromatic nitrogens is 1. The third-order valence-corrected chi connectivity index (χ3v) is 4.59. The third-order valence-electron chi connectivity index (χ3n) is 4.59. The SMILES string of the molecule is CCC(=O)c1cc(F)c(OCC2CN(C(=O)C=Cc3ccccn3)CCO2)c(F)c1. The number of morpholine rings is 1. The predicted molar refractivity (Wildman–Crippen MR) is 106 cm³/mol. The summed E-state index contributed by atoms with van der Waals surface area (Å²) in [6.07, 6.45) is 4.28. The molecule has 1 aliphatic heterocycles. The van der Waals surface area contributed by atoms with Crippen LogP contribution in [0.5, 0.6) is 5.75 Å². The quantitative estimate of drug-likeness (QED) is 0.512. The average molecular weight is 416 g/mol. The van der Waals surface area contributed by atoms with Crippen LogP contribution >= 0.6 is 0 Å². The van der Waals surface area contributed by atoms with Crippen LogP contribution in [0.25, 0.3) is 6.08 Å². The number of benzene rings is 1. The Bertz CT molecular complexity index is 911. The van der Waals surface area contributed by atoms with E-state index in [2.05, 4.69) is 4.98 Å². The highest BCUT2D eigenvalue weighted by Gasteiger charge is 2.25. The zero-order chi connectivity index (χ0) is 21.5. The van der Waals surface area contributed by atoms with Gasteiger partial charge in [-0.2, -0.15) is 0 Å². The summed E-state index contributed by atoms with van der Waals surface area (Å²) in [6, 6.07) is 7.31. The van der Waals surface area contributed by atoms with Crippen molar-refractivity contribution in [2.75, 3.05) is 26.3 Å². The Kier molecular flexibility index (Phi) is 7.24. The molecule has 6 nitrogen and oxygen atoms in total. The molecule has 1 aromatic carbocycles. The molecule has 1 aliphatic rings. The maximum absolute atomic E-state index is 14.2. The molecule has 2 heterocycles. The molecule has 1 saturated heterocycles. The van der Waals surface area contributed by atoms with Crippen LogP contribution in [-0.2, 0) is 9.53 Å². The number of Topliss-reactive ketones (excluding diaryl/α,β-unsaturated/α-hetero) is 1. The van der Waals surface area contributed by atoms with Crippen molar-refractivity contribution in [1.29, 1.82) is 0 Å². The van der Waals surface area contributed by atoms with Gasteiger partial charge in [-0.25, -0.2) is 8.78 Å². The fourth-order valence-electron chi connectivity index (χ4n) is 3.00. The number of hydrogen-bond donors (Lipinski definition) is 0.